The van der Waals surface area contributed by atoms with Crippen LogP contribution in [0.5, 0.6) is 0 Å². The molecule has 126 valence electrons. The summed E-state index contributed by atoms with van der Waals surface area (Å²) in [4.78, 5) is 29.3. The number of ketones is 1. The quantitative estimate of drug-likeness (QED) is 0.855. The lowest BCUT2D eigenvalue weighted by atomic mass is 9.92. The van der Waals surface area contributed by atoms with Crippen LogP contribution in [0.1, 0.15) is 52.0 Å². The molecular weight excluding hydrogens is 312 g/mol. The van der Waals surface area contributed by atoms with Gasteiger partial charge in [0, 0.05) is 13.1 Å². The summed E-state index contributed by atoms with van der Waals surface area (Å²) in [5.41, 5.74) is -0.807. The minimum absolute atomic E-state index is 0.0155. The first-order valence-corrected chi connectivity index (χ1v) is 9.13. The van der Waals surface area contributed by atoms with E-state index < -0.39 is 5.60 Å². The molecular formula is C17H24N2O3S. The van der Waals surface area contributed by atoms with Crippen LogP contribution in [0.25, 0.3) is 0 Å². The molecule has 1 amide bonds. The third kappa shape index (κ3) is 3.82. The maximum absolute atomic E-state index is 12.7. The van der Waals surface area contributed by atoms with Gasteiger partial charge in [0.25, 0.3) is 5.91 Å². The molecule has 2 aliphatic rings. The molecule has 2 fully saturated rings. The Labute approximate surface area is 140 Å². The van der Waals surface area contributed by atoms with Crippen molar-refractivity contribution >= 4 is 23.0 Å². The van der Waals surface area contributed by atoms with Crippen LogP contribution < -0.4 is 0 Å². The fourth-order valence-corrected chi connectivity index (χ4v) is 4.44. The van der Waals surface area contributed by atoms with Gasteiger partial charge >= 0.3 is 0 Å². The number of β-amino-alcohol motifs (C(OH)–C–C–N with tert-alkyl or cyclic N) is 1. The van der Waals surface area contributed by atoms with Crippen molar-refractivity contribution in [2.24, 2.45) is 0 Å². The van der Waals surface area contributed by atoms with E-state index in [1.807, 2.05) is 0 Å². The maximum Gasteiger partial charge on any atom is 0.264 e. The van der Waals surface area contributed by atoms with Crippen LogP contribution in [0.4, 0.5) is 0 Å². The van der Waals surface area contributed by atoms with Gasteiger partial charge in [-0.2, -0.15) is 0 Å². The van der Waals surface area contributed by atoms with E-state index in [2.05, 4.69) is 4.90 Å². The number of thiophene rings is 1. The third-order valence-electron chi connectivity index (χ3n) is 4.72. The molecule has 0 radical (unpaired) electrons. The summed E-state index contributed by atoms with van der Waals surface area (Å²) >= 11 is 1.24. The number of aliphatic hydroxyl groups is 1. The lowest BCUT2D eigenvalue weighted by Gasteiger charge is -2.41. The average Bonchev–Trinajstić information content (AvgIpc) is 3.17. The molecule has 1 aromatic rings. The number of Topliss-reactive ketones (excluding diaryl/α,β-unsaturated/α-hetero) is 1. The highest BCUT2D eigenvalue weighted by Gasteiger charge is 2.37. The Morgan fingerprint density at radius 1 is 1.17 bits per heavy atom. The van der Waals surface area contributed by atoms with Crippen LogP contribution in [0.2, 0.25) is 0 Å². The molecule has 2 aliphatic heterocycles. The van der Waals surface area contributed by atoms with Crippen molar-refractivity contribution in [2.45, 2.75) is 38.2 Å². The number of nitrogens with zero attached hydrogens (tertiary/aromatic N) is 2. The largest absolute Gasteiger partial charge is 0.387 e. The summed E-state index contributed by atoms with van der Waals surface area (Å²) in [5.74, 6) is -0.0831. The van der Waals surface area contributed by atoms with Gasteiger partial charge in [0.1, 0.15) is 0 Å². The zero-order chi connectivity index (χ0) is 16.4. The van der Waals surface area contributed by atoms with E-state index >= 15 is 0 Å². The molecule has 6 heteroatoms. The Hall–Kier alpha value is -1.24. The van der Waals surface area contributed by atoms with Crippen molar-refractivity contribution < 1.29 is 14.7 Å². The average molecular weight is 336 g/mol. The summed E-state index contributed by atoms with van der Waals surface area (Å²) in [7, 11) is 0. The van der Waals surface area contributed by atoms with Gasteiger partial charge in [-0.3, -0.25) is 9.59 Å². The van der Waals surface area contributed by atoms with Gasteiger partial charge < -0.3 is 14.9 Å². The van der Waals surface area contributed by atoms with Gasteiger partial charge in [0.05, 0.1) is 21.9 Å². The molecule has 1 aromatic heterocycles. The van der Waals surface area contributed by atoms with Gasteiger partial charge in [-0.15, -0.1) is 11.3 Å². The minimum Gasteiger partial charge on any atom is -0.387 e. The van der Waals surface area contributed by atoms with Crippen molar-refractivity contribution in [2.75, 3.05) is 32.7 Å². The van der Waals surface area contributed by atoms with E-state index in [4.69, 9.17) is 0 Å². The Balaban J connectivity index is 1.66. The van der Waals surface area contributed by atoms with Crippen LogP contribution in [-0.2, 0) is 0 Å². The molecule has 0 aromatic carbocycles. The summed E-state index contributed by atoms with van der Waals surface area (Å²) in [6, 6.07) is 3.43. The zero-order valence-corrected chi connectivity index (χ0v) is 14.4. The number of rotatable bonds is 4. The van der Waals surface area contributed by atoms with E-state index in [0.717, 1.165) is 25.9 Å². The van der Waals surface area contributed by atoms with Crippen molar-refractivity contribution in [1.82, 2.24) is 9.80 Å². The number of amides is 1. The monoisotopic (exact) mass is 336 g/mol. The molecule has 0 unspecified atom stereocenters. The van der Waals surface area contributed by atoms with Crippen molar-refractivity contribution in [3.8, 4) is 0 Å². The second-order valence-electron chi connectivity index (χ2n) is 6.76. The summed E-state index contributed by atoms with van der Waals surface area (Å²) in [6.45, 7) is 5.31. The second kappa shape index (κ2) is 6.71. The zero-order valence-electron chi connectivity index (χ0n) is 13.6. The van der Waals surface area contributed by atoms with Crippen molar-refractivity contribution in [3.05, 3.63) is 21.9 Å². The lowest BCUT2D eigenvalue weighted by Crippen LogP contribution is -2.55. The first-order chi connectivity index (χ1) is 11.0. The molecule has 1 atom stereocenters. The Morgan fingerprint density at radius 3 is 2.52 bits per heavy atom. The molecule has 2 saturated heterocycles. The van der Waals surface area contributed by atoms with Crippen LogP contribution in [0, 0.1) is 0 Å². The van der Waals surface area contributed by atoms with Crippen LogP contribution in [0.15, 0.2) is 12.1 Å². The number of likely N-dealkylation sites (tertiary alicyclic amines) is 2. The highest BCUT2D eigenvalue weighted by atomic mass is 32.1. The second-order valence-corrected chi connectivity index (χ2v) is 7.84. The molecule has 3 rings (SSSR count). The first-order valence-electron chi connectivity index (χ1n) is 8.32. The molecule has 0 aliphatic carbocycles. The van der Waals surface area contributed by atoms with Gasteiger partial charge in [-0.05, 0) is 57.8 Å². The molecule has 0 saturated carbocycles. The number of hydrogen-bond acceptors (Lipinski definition) is 5. The van der Waals surface area contributed by atoms with E-state index in [0.29, 0.717) is 29.4 Å². The molecule has 3 heterocycles. The van der Waals surface area contributed by atoms with Gasteiger partial charge in [0.15, 0.2) is 5.78 Å². The number of carbonyl (C=O) groups is 2. The van der Waals surface area contributed by atoms with E-state index in [1.54, 1.807) is 17.0 Å². The molecule has 0 spiro atoms. The number of carbonyl (C=O) groups excluding carboxylic acids is 2. The fourth-order valence-electron chi connectivity index (χ4n) is 3.57. The van der Waals surface area contributed by atoms with E-state index in [-0.39, 0.29) is 11.7 Å². The van der Waals surface area contributed by atoms with Gasteiger partial charge in [0.2, 0.25) is 0 Å². The van der Waals surface area contributed by atoms with Crippen molar-refractivity contribution in [1.29, 1.82) is 0 Å². The maximum atomic E-state index is 12.7. The number of piperidine rings is 1. The summed E-state index contributed by atoms with van der Waals surface area (Å²) < 4.78 is 0. The highest BCUT2D eigenvalue weighted by Crippen LogP contribution is 2.27. The Morgan fingerprint density at radius 2 is 1.87 bits per heavy atom. The normalized spacial score (nSPS) is 25.7. The fraction of sp³-hybridized carbons (Fsp3) is 0.647. The highest BCUT2D eigenvalue weighted by molar-refractivity contribution is 7.15. The molecule has 0 bridgehead atoms. The molecule has 1 N–H and O–H groups in total. The van der Waals surface area contributed by atoms with Crippen LogP contribution >= 0.6 is 11.3 Å². The SMILES string of the molecule is CC(=O)c1ccc(C(=O)N2CCC[C@](O)(CN3CCCC3)C2)s1. The summed E-state index contributed by atoms with van der Waals surface area (Å²) in [5, 5.41) is 10.9. The molecule has 5 nitrogen and oxygen atoms in total. The standard InChI is InChI=1S/C17H24N2O3S/c1-13(20)14-5-6-15(23-14)16(21)19-10-4-7-17(22,12-19)11-18-8-2-3-9-18/h5-6,22H,2-4,7-12H2,1H3/t17-/m0/s1. The predicted molar refractivity (Wildman–Crippen MR) is 90.1 cm³/mol. The lowest BCUT2D eigenvalue weighted by molar-refractivity contribution is -0.0430. The molecule has 23 heavy (non-hydrogen) atoms. The Kier molecular flexibility index (Phi) is 4.85. The smallest absolute Gasteiger partial charge is 0.264 e. The van der Waals surface area contributed by atoms with Crippen LogP contribution in [-0.4, -0.2) is 64.9 Å². The van der Waals surface area contributed by atoms with Gasteiger partial charge in [-0.25, -0.2) is 0 Å². The minimum atomic E-state index is -0.807. The summed E-state index contributed by atoms with van der Waals surface area (Å²) in [6.07, 6.45) is 3.96. The van der Waals surface area contributed by atoms with Crippen molar-refractivity contribution in [3.63, 3.8) is 0 Å². The topological polar surface area (TPSA) is 60.9 Å². The third-order valence-corrected chi connectivity index (χ3v) is 5.90. The van der Waals surface area contributed by atoms with E-state index in [1.165, 1.54) is 31.1 Å². The first kappa shape index (κ1) is 16.6. The van der Waals surface area contributed by atoms with Crippen LogP contribution in [0.3, 0.4) is 0 Å². The number of hydrogen-bond donors (Lipinski definition) is 1. The Bertz CT molecular complexity index is 594. The predicted octanol–water partition coefficient (Wildman–Crippen LogP) is 2.01. The van der Waals surface area contributed by atoms with Gasteiger partial charge in [-0.1, -0.05) is 0 Å². The van der Waals surface area contributed by atoms with E-state index in [9.17, 15) is 14.7 Å².